The summed E-state index contributed by atoms with van der Waals surface area (Å²) in [6.07, 6.45) is 1.26. The summed E-state index contributed by atoms with van der Waals surface area (Å²) in [6, 6.07) is 10.8. The lowest BCUT2D eigenvalue weighted by molar-refractivity contribution is 0.720. The van der Waals surface area contributed by atoms with Gasteiger partial charge in [-0.05, 0) is 36.7 Å². The van der Waals surface area contributed by atoms with Crippen molar-refractivity contribution < 1.29 is 0 Å². The fourth-order valence-electron chi connectivity index (χ4n) is 2.96. The Kier molecular flexibility index (Phi) is 6.08. The second-order valence-corrected chi connectivity index (χ2v) is 7.85. The summed E-state index contributed by atoms with van der Waals surface area (Å²) in [4.78, 5) is 9.35. The maximum atomic E-state index is 4.70. The Hall–Kier alpha value is -1.88. The summed E-state index contributed by atoms with van der Waals surface area (Å²) in [5.74, 6) is 2.77. The predicted molar refractivity (Wildman–Crippen MR) is 106 cm³/mol. The summed E-state index contributed by atoms with van der Waals surface area (Å²) in [5, 5.41) is 10.1. The number of nitrogens with one attached hydrogen (secondary N) is 2. The number of guanidine groups is 1. The Morgan fingerprint density at radius 3 is 2.76 bits per heavy atom. The van der Waals surface area contributed by atoms with Crippen LogP contribution in [0.2, 0.25) is 0 Å². The van der Waals surface area contributed by atoms with Crippen molar-refractivity contribution in [2.75, 3.05) is 13.1 Å². The van der Waals surface area contributed by atoms with Crippen LogP contribution < -0.4 is 10.6 Å². The maximum absolute atomic E-state index is 4.70. The van der Waals surface area contributed by atoms with Gasteiger partial charge in [0.25, 0.3) is 0 Å². The zero-order valence-electron chi connectivity index (χ0n) is 15.3. The van der Waals surface area contributed by atoms with Gasteiger partial charge in [-0.15, -0.1) is 11.3 Å². The Labute approximate surface area is 154 Å². The second-order valence-electron chi connectivity index (χ2n) is 6.91. The Balaban J connectivity index is 1.51. The molecule has 2 N–H and O–H groups in total. The Morgan fingerprint density at radius 2 is 2.08 bits per heavy atom. The minimum absolute atomic E-state index is 0.477. The molecule has 0 spiro atoms. The van der Waals surface area contributed by atoms with E-state index in [1.165, 1.54) is 12.0 Å². The fourth-order valence-corrected chi connectivity index (χ4v) is 3.84. The van der Waals surface area contributed by atoms with Crippen LogP contribution in [-0.4, -0.2) is 24.0 Å². The highest BCUT2D eigenvalue weighted by atomic mass is 32.1. The molecule has 4 nitrogen and oxygen atoms in total. The third-order valence-electron chi connectivity index (χ3n) is 4.56. The van der Waals surface area contributed by atoms with Crippen LogP contribution in [0.3, 0.4) is 0 Å². The Bertz CT molecular complexity index is 693. The van der Waals surface area contributed by atoms with Crippen LogP contribution in [0.1, 0.15) is 55.3 Å². The van der Waals surface area contributed by atoms with Crippen LogP contribution in [0, 0.1) is 5.92 Å². The first-order chi connectivity index (χ1) is 12.2. The molecule has 5 heteroatoms. The lowest BCUT2D eigenvalue weighted by atomic mass is 10.1. The highest BCUT2D eigenvalue weighted by molar-refractivity contribution is 7.09. The van der Waals surface area contributed by atoms with Gasteiger partial charge < -0.3 is 10.6 Å². The van der Waals surface area contributed by atoms with Crippen LogP contribution in [0.5, 0.6) is 0 Å². The normalized spacial score (nSPS) is 19.9. The molecule has 0 radical (unpaired) electrons. The molecule has 3 rings (SSSR count). The number of hydrogen-bond donors (Lipinski definition) is 2. The molecule has 25 heavy (non-hydrogen) atoms. The molecule has 1 heterocycles. The van der Waals surface area contributed by atoms with E-state index in [4.69, 9.17) is 4.99 Å². The highest BCUT2D eigenvalue weighted by Crippen LogP contribution is 2.46. The molecule has 2 atom stereocenters. The molecule has 0 saturated heterocycles. The van der Waals surface area contributed by atoms with Crippen molar-refractivity contribution in [3.05, 3.63) is 52.0 Å². The largest absolute Gasteiger partial charge is 0.357 e. The van der Waals surface area contributed by atoms with E-state index in [1.807, 2.05) is 0 Å². The third-order valence-corrected chi connectivity index (χ3v) is 5.41. The van der Waals surface area contributed by atoms with E-state index in [-0.39, 0.29) is 0 Å². The molecule has 1 saturated carbocycles. The number of aliphatic imine (C=N–C) groups is 1. The van der Waals surface area contributed by atoms with Gasteiger partial charge in [-0.2, -0.15) is 0 Å². The van der Waals surface area contributed by atoms with Crippen LogP contribution >= 0.6 is 11.3 Å². The second kappa shape index (κ2) is 8.48. The van der Waals surface area contributed by atoms with E-state index in [0.717, 1.165) is 29.8 Å². The van der Waals surface area contributed by atoms with Gasteiger partial charge in [0.1, 0.15) is 5.01 Å². The number of hydrogen-bond acceptors (Lipinski definition) is 3. The molecule has 0 amide bonds. The molecule has 1 aliphatic rings. The van der Waals surface area contributed by atoms with E-state index in [1.54, 1.807) is 11.3 Å². The van der Waals surface area contributed by atoms with E-state index < -0.39 is 0 Å². The van der Waals surface area contributed by atoms with E-state index in [0.29, 0.717) is 24.3 Å². The first kappa shape index (κ1) is 17.9. The van der Waals surface area contributed by atoms with E-state index in [2.05, 4.69) is 72.1 Å². The number of aromatic nitrogens is 1. The van der Waals surface area contributed by atoms with Crippen molar-refractivity contribution in [3.63, 3.8) is 0 Å². The highest BCUT2D eigenvalue weighted by Gasteiger charge is 2.37. The van der Waals surface area contributed by atoms with Gasteiger partial charge in [-0.1, -0.05) is 44.2 Å². The van der Waals surface area contributed by atoms with Gasteiger partial charge in [0.15, 0.2) is 5.96 Å². The van der Waals surface area contributed by atoms with Gasteiger partial charge in [0.2, 0.25) is 0 Å². The first-order valence-corrected chi connectivity index (χ1v) is 10.1. The number of rotatable bonds is 7. The van der Waals surface area contributed by atoms with Gasteiger partial charge in [-0.25, -0.2) is 9.98 Å². The topological polar surface area (TPSA) is 49.3 Å². The molecular formula is C20H28N4S. The smallest absolute Gasteiger partial charge is 0.191 e. The SMILES string of the molecule is CCNC(=NCc1nc(C(C)C)cs1)NCC1CC1c1ccccc1. The number of thiazole rings is 1. The number of benzene rings is 1. The first-order valence-electron chi connectivity index (χ1n) is 9.18. The lowest BCUT2D eigenvalue weighted by Gasteiger charge is -2.11. The lowest BCUT2D eigenvalue weighted by Crippen LogP contribution is -2.38. The third kappa shape index (κ3) is 5.05. The molecule has 1 fully saturated rings. The van der Waals surface area contributed by atoms with E-state index >= 15 is 0 Å². The molecule has 1 aromatic carbocycles. The molecule has 0 aliphatic heterocycles. The van der Waals surface area contributed by atoms with Gasteiger partial charge in [0, 0.05) is 18.5 Å². The van der Waals surface area contributed by atoms with Crippen LogP contribution in [0.15, 0.2) is 40.7 Å². The molecule has 1 aliphatic carbocycles. The summed E-state index contributed by atoms with van der Waals surface area (Å²) in [7, 11) is 0. The number of nitrogens with zero attached hydrogens (tertiary/aromatic N) is 2. The summed E-state index contributed by atoms with van der Waals surface area (Å²) < 4.78 is 0. The maximum Gasteiger partial charge on any atom is 0.191 e. The monoisotopic (exact) mass is 356 g/mol. The molecule has 134 valence electrons. The quantitative estimate of drug-likeness (QED) is 0.579. The van der Waals surface area contributed by atoms with Crippen LogP contribution in [0.25, 0.3) is 0 Å². The molecule has 2 aromatic rings. The Morgan fingerprint density at radius 1 is 1.28 bits per heavy atom. The van der Waals surface area contributed by atoms with Crippen molar-refractivity contribution in [2.45, 2.75) is 45.6 Å². The van der Waals surface area contributed by atoms with Crippen molar-refractivity contribution >= 4 is 17.3 Å². The van der Waals surface area contributed by atoms with Crippen LogP contribution in [0.4, 0.5) is 0 Å². The van der Waals surface area contributed by atoms with Gasteiger partial charge in [0.05, 0.1) is 12.2 Å². The van der Waals surface area contributed by atoms with E-state index in [9.17, 15) is 0 Å². The zero-order valence-corrected chi connectivity index (χ0v) is 16.1. The molecule has 0 bridgehead atoms. The minimum atomic E-state index is 0.477. The van der Waals surface area contributed by atoms with Crippen LogP contribution in [-0.2, 0) is 6.54 Å². The zero-order chi connectivity index (χ0) is 17.6. The molecular weight excluding hydrogens is 328 g/mol. The van der Waals surface area contributed by atoms with Crippen molar-refractivity contribution in [1.29, 1.82) is 0 Å². The van der Waals surface area contributed by atoms with Gasteiger partial charge in [-0.3, -0.25) is 0 Å². The van der Waals surface area contributed by atoms with Crippen molar-refractivity contribution in [1.82, 2.24) is 15.6 Å². The minimum Gasteiger partial charge on any atom is -0.357 e. The van der Waals surface area contributed by atoms with Crippen molar-refractivity contribution in [2.24, 2.45) is 10.9 Å². The summed E-state index contributed by atoms with van der Waals surface area (Å²) >= 11 is 1.70. The molecule has 2 unspecified atom stereocenters. The van der Waals surface area contributed by atoms with Crippen molar-refractivity contribution in [3.8, 4) is 0 Å². The van der Waals surface area contributed by atoms with Gasteiger partial charge >= 0.3 is 0 Å². The standard InChI is InChI=1S/C20H28N4S/c1-4-21-20(23-12-19-24-18(13-25-19)14(2)3)22-11-16-10-17(16)15-8-6-5-7-9-15/h5-9,13-14,16-17H,4,10-12H2,1-3H3,(H2,21,22,23). The average Bonchev–Trinajstić information content (AvgIpc) is 3.24. The summed E-state index contributed by atoms with van der Waals surface area (Å²) in [5.41, 5.74) is 2.62. The predicted octanol–water partition coefficient (Wildman–Crippen LogP) is 4.13. The molecule has 1 aromatic heterocycles. The fraction of sp³-hybridized carbons (Fsp3) is 0.500. The summed E-state index contributed by atoms with van der Waals surface area (Å²) in [6.45, 7) is 8.92. The average molecular weight is 357 g/mol.